The molecule has 0 aromatic heterocycles. The van der Waals surface area contributed by atoms with Gasteiger partial charge >= 0.3 is 23.9 Å². The second-order valence-corrected chi connectivity index (χ2v) is 40.9. The summed E-state index contributed by atoms with van der Waals surface area (Å²) < 4.78 is 0. The number of carbonyl (C=O) groups excluding carboxylic acids is 17. The minimum atomic E-state index is -2.47. The average Bonchev–Trinajstić information content (AvgIpc) is 1.55. The van der Waals surface area contributed by atoms with Crippen LogP contribution in [0.3, 0.4) is 0 Å². The maximum Gasteiger partial charge on any atom is 0.309 e. The van der Waals surface area contributed by atoms with Crippen LogP contribution in [-0.2, 0) is 120 Å². The number of amides is 17. The van der Waals surface area contributed by atoms with Crippen molar-refractivity contribution in [3.8, 4) is 5.75 Å². The predicted octanol–water partition coefficient (Wildman–Crippen LogP) is -3.85. The molecule has 0 saturated carbocycles. The average molecular weight is 2060 g/mol. The number of nitrogens with one attached hydrogen (secondary N) is 13. The molecule has 144 heavy (non-hydrogen) atoms. The standard InChI is InChI=1S/C95H127N19O27S3/c1-49-43-142-46-72(117)111-30-24-55(25-31-111)114-56-26-32-112(33-27-56)73(118)47-143-44-69(80(97)126)107-93(139)79(95(3,4)5)110-90(136)68(42-77(124)125)106-85(131)63(37-52-18-20-58(115)21-19-52)101-84(130)62(36-51-12-7-6-8-13-51)102-88(134)67(41-76(122)123)105-86(132)65-39-60(94(140)141)78(92(138)108-70(91(137)104-65)45-144-48-74(119)113-34-28-57(114)29-35-113)109-89(135)64(38-54-16-11-15-53-14-9-10-17-59(53)54)103-83(129)61(22-23-75(120)121)99-87(133)66(40-71(96)116)100-82(128)50(2)98-81(49)127/h6-21,49-50,55-57,60-70,73,78-79,115,118H,22-48H2,1-5H3,(H2,96,116)(H2,97,126)(H,98,127)(H,99,133)(H,100,128)(H,101,130)(H,102,134)(H,103,129)(H,104,137)(H,105,132)(H,106,131)(H,107,139)(H,108,138)(H,109,135)(H,110,136)(H,120,121)(H,122,123)(H,124,125)(H,140,141)/t49-,50+,60?,61-,62-,63-,64-,65-,66-,67-,68-,69-,70-,73?,78+,79+/m0/s1. The molecule has 10 heterocycles. The fourth-order valence-electron chi connectivity index (χ4n) is 18.1. The quantitative estimate of drug-likeness (QED) is 0.0481. The van der Waals surface area contributed by atoms with Crippen LogP contribution in [0.25, 0.3) is 10.8 Å². The van der Waals surface area contributed by atoms with Crippen molar-refractivity contribution in [1.82, 2.24) is 88.7 Å². The lowest BCUT2D eigenvalue weighted by Crippen LogP contribution is -2.62. The maximum atomic E-state index is 15.7. The number of aliphatic hydroxyl groups excluding tert-OH is 1. The summed E-state index contributed by atoms with van der Waals surface area (Å²) in [6, 6.07) is -1.67. The van der Waals surface area contributed by atoms with Crippen LogP contribution >= 0.6 is 35.3 Å². The number of thioether (sulfide) groups is 3. The van der Waals surface area contributed by atoms with Gasteiger partial charge in [-0.3, -0.25) is 110 Å². The van der Waals surface area contributed by atoms with Crippen molar-refractivity contribution < 1.29 is 131 Å². The van der Waals surface area contributed by atoms with E-state index in [-0.39, 0.29) is 82.6 Å². The molecule has 0 aliphatic carbocycles. The summed E-state index contributed by atoms with van der Waals surface area (Å²) in [5.74, 6) is -30.8. The molecule has 10 bridgehead atoms. The molecule has 0 spiro atoms. The lowest BCUT2D eigenvalue weighted by molar-refractivity contribution is -0.147. The number of aliphatic hydroxyl groups is 1. The van der Waals surface area contributed by atoms with E-state index in [1.54, 1.807) is 59.2 Å². The third-order valence-corrected chi connectivity index (χ3v) is 29.3. The Hall–Kier alpha value is -13.3. The van der Waals surface area contributed by atoms with Crippen LogP contribution in [0.5, 0.6) is 5.75 Å². The monoisotopic (exact) mass is 2060 g/mol. The Bertz CT molecular complexity index is 5360. The summed E-state index contributed by atoms with van der Waals surface area (Å²) in [7, 11) is 0. The highest BCUT2D eigenvalue weighted by Gasteiger charge is 2.48. The van der Waals surface area contributed by atoms with E-state index in [0.29, 0.717) is 75.5 Å². The van der Waals surface area contributed by atoms with Crippen molar-refractivity contribution in [2.75, 3.05) is 73.8 Å². The topological polar surface area (TPSA) is 701 Å². The van der Waals surface area contributed by atoms with Gasteiger partial charge < -0.3 is 121 Å². The van der Waals surface area contributed by atoms with Gasteiger partial charge in [0, 0.05) is 112 Å². The molecule has 17 amide bonds. The zero-order valence-electron chi connectivity index (χ0n) is 80.2. The van der Waals surface area contributed by atoms with Crippen molar-refractivity contribution >= 4 is 170 Å². The highest BCUT2D eigenvalue weighted by molar-refractivity contribution is 8.00. The molecular weight excluding hydrogens is 1940 g/mol. The number of phenols is 1. The van der Waals surface area contributed by atoms with Crippen LogP contribution in [0.2, 0.25) is 0 Å². The van der Waals surface area contributed by atoms with E-state index in [9.17, 15) is 93.0 Å². The van der Waals surface area contributed by atoms with Crippen LogP contribution in [0.15, 0.2) is 97.1 Å². The molecule has 23 N–H and O–H groups in total. The molecular formula is C95H127N19O27S3. The first-order valence-corrected chi connectivity index (χ1v) is 50.9. The van der Waals surface area contributed by atoms with Crippen molar-refractivity contribution in [3.05, 3.63) is 114 Å². The number of hydrogen-bond acceptors (Lipinski definition) is 28. The van der Waals surface area contributed by atoms with Gasteiger partial charge in [0.25, 0.3) is 0 Å². The number of rotatable bonds is 17. The normalized spacial score (nSPS) is 29.0. The molecule has 17 atom stereocenters. The lowest BCUT2D eigenvalue weighted by Gasteiger charge is -2.50. The number of hydrogen-bond donors (Lipinski definition) is 21. The Labute approximate surface area is 841 Å². The molecule has 49 heteroatoms. The first kappa shape index (κ1) is 113. The molecule has 782 valence electrons. The van der Waals surface area contributed by atoms with Gasteiger partial charge in [-0.2, -0.15) is 23.5 Å². The number of aliphatic carboxylic acids is 4. The zero-order chi connectivity index (χ0) is 105. The first-order valence-electron chi connectivity index (χ1n) is 47.5. The Kier molecular flexibility index (Phi) is 41.3. The second-order valence-electron chi connectivity index (χ2n) is 37.8. The minimum absolute atomic E-state index is 0.00879. The van der Waals surface area contributed by atoms with Gasteiger partial charge in [0.1, 0.15) is 90.5 Å². The molecule has 4 aromatic carbocycles. The van der Waals surface area contributed by atoms with Crippen LogP contribution in [0.1, 0.15) is 128 Å². The number of fused-ring (bicyclic) bond motifs is 3. The second kappa shape index (κ2) is 52.8. The van der Waals surface area contributed by atoms with Gasteiger partial charge in [-0.05, 0) is 103 Å². The van der Waals surface area contributed by atoms with E-state index in [1.165, 1.54) is 94.1 Å². The third-order valence-electron chi connectivity index (χ3n) is 26.0. The summed E-state index contributed by atoms with van der Waals surface area (Å²) in [6.07, 6.45) is -6.27. The first-order chi connectivity index (χ1) is 68.3. The van der Waals surface area contributed by atoms with E-state index >= 15 is 38.4 Å². The fourth-order valence-corrected chi connectivity index (χ4v) is 21.1. The van der Waals surface area contributed by atoms with Gasteiger partial charge in [-0.15, -0.1) is 11.8 Å². The van der Waals surface area contributed by atoms with Gasteiger partial charge in [0.2, 0.25) is 100 Å². The summed E-state index contributed by atoms with van der Waals surface area (Å²) in [5.41, 5.74) is 11.0. The Morgan fingerprint density at radius 1 is 0.417 bits per heavy atom. The summed E-state index contributed by atoms with van der Waals surface area (Å²) in [6.45, 7) is 9.17. The number of piperidine rings is 3. The SMILES string of the molecule is C[C@H]1CSCC(=O)N2CCC(CC2)N2C3CCN(CC3)C(=O)CSC[C@@H]3NC(=O)[C@H](NC(=O)[C@H](Cc4cccc5ccccc45)NC(=O)[C@H](CCC(=O)O)NC(=O)[C@H](CC(N)=O)NC(=O)[C@@H](C)NC1=O)C(C(=O)O)C[C@H](NC3=O)C(=O)N[C@@H](CC(=O)O)C(=O)N[C@@H](Cc1ccccc1)C(=O)N[C@@H](Cc1ccc(O)cc1)C(=O)N[C@@H](CC(=O)O)C(=O)N[C@@H](C(C)(C)C)C(=O)N[C@H](C(N)=O)CSCC(O)N1CCC2CC1. The maximum absolute atomic E-state index is 15.7. The zero-order valence-corrected chi connectivity index (χ0v) is 82.7. The van der Waals surface area contributed by atoms with E-state index < -0.39 is 290 Å². The molecule has 10 aliphatic heterocycles. The van der Waals surface area contributed by atoms with Crippen molar-refractivity contribution in [2.24, 2.45) is 28.7 Å². The van der Waals surface area contributed by atoms with E-state index in [2.05, 4.69) is 74.0 Å². The number of aromatic hydroxyl groups is 1. The highest BCUT2D eigenvalue weighted by Crippen LogP contribution is 2.34. The summed E-state index contributed by atoms with van der Waals surface area (Å²) in [5, 5.41) is 97.3. The lowest BCUT2D eigenvalue weighted by atomic mass is 9.85. The van der Waals surface area contributed by atoms with Gasteiger partial charge in [0.15, 0.2) is 0 Å². The van der Waals surface area contributed by atoms with Crippen LogP contribution in [0.4, 0.5) is 0 Å². The number of nitrogens with zero attached hydrogens (tertiary/aromatic N) is 4. The van der Waals surface area contributed by atoms with Crippen molar-refractivity contribution in [2.45, 2.75) is 234 Å². The Morgan fingerprint density at radius 2 is 0.875 bits per heavy atom. The van der Waals surface area contributed by atoms with E-state index in [1.807, 2.05) is 4.90 Å². The number of primary amides is 2. The largest absolute Gasteiger partial charge is 0.508 e. The molecule has 14 rings (SSSR count). The van der Waals surface area contributed by atoms with Gasteiger partial charge in [0.05, 0.1) is 36.7 Å². The molecule has 10 aliphatic rings. The molecule has 46 nitrogen and oxygen atoms in total. The van der Waals surface area contributed by atoms with Gasteiger partial charge in [-0.1, -0.05) is 113 Å². The smallest absolute Gasteiger partial charge is 0.309 e. The number of benzene rings is 4. The predicted molar refractivity (Wildman–Crippen MR) is 523 cm³/mol. The number of nitrogens with two attached hydrogens (primary N) is 2. The highest BCUT2D eigenvalue weighted by atomic mass is 32.2. The molecule has 0 radical (unpaired) electrons. The van der Waals surface area contributed by atoms with E-state index in [0.717, 1.165) is 23.5 Å². The molecule has 4 aromatic rings. The van der Waals surface area contributed by atoms with Crippen LogP contribution in [-0.4, -0.2) is 351 Å². The number of carbonyl (C=O) groups is 21. The summed E-state index contributed by atoms with van der Waals surface area (Å²) >= 11 is 3.05. The fraction of sp³-hybridized carbons (Fsp3) is 0.547. The number of carboxylic acid groups (broad SMARTS) is 4. The van der Waals surface area contributed by atoms with Crippen LogP contribution in [0, 0.1) is 17.3 Å². The molecule has 10 fully saturated rings. The third kappa shape index (κ3) is 32.9. The Balaban J connectivity index is 1.07. The van der Waals surface area contributed by atoms with Crippen LogP contribution < -0.4 is 80.6 Å². The Morgan fingerprint density at radius 3 is 1.42 bits per heavy atom. The number of carboxylic acids is 4. The number of phenolic OH excluding ortho intramolecular Hbond substituents is 1. The minimum Gasteiger partial charge on any atom is -0.508 e. The van der Waals surface area contributed by atoms with Gasteiger partial charge in [-0.25, -0.2) is 0 Å². The van der Waals surface area contributed by atoms with Crippen molar-refractivity contribution in [1.29, 1.82) is 0 Å². The van der Waals surface area contributed by atoms with Crippen molar-refractivity contribution in [3.63, 3.8) is 0 Å². The van der Waals surface area contributed by atoms with E-state index in [4.69, 9.17) is 11.5 Å². The molecule has 10 saturated heterocycles. The molecule has 3 unspecified atom stereocenters. The summed E-state index contributed by atoms with van der Waals surface area (Å²) in [4.78, 5) is 309.